The lowest BCUT2D eigenvalue weighted by atomic mass is 10.1. The average Bonchev–Trinajstić information content (AvgIpc) is 3.04. The minimum absolute atomic E-state index is 0.134. The smallest absolute Gasteiger partial charge is 0.214 e. The highest BCUT2D eigenvalue weighted by molar-refractivity contribution is 7.16. The summed E-state index contributed by atoms with van der Waals surface area (Å²) < 4.78 is 7.27. The lowest BCUT2D eigenvalue weighted by molar-refractivity contribution is 0.242. The average molecular weight is 312 g/mol. The van der Waals surface area contributed by atoms with Crippen LogP contribution in [0.25, 0.3) is 16.2 Å². The Balaban J connectivity index is 2.02. The van der Waals surface area contributed by atoms with Gasteiger partial charge in [-0.25, -0.2) is 4.98 Å². The van der Waals surface area contributed by atoms with Crippen LogP contribution in [0, 0.1) is 11.3 Å². The second-order valence-corrected chi connectivity index (χ2v) is 6.20. The van der Waals surface area contributed by atoms with Gasteiger partial charge in [0.15, 0.2) is 5.69 Å². The topological polar surface area (TPSA) is 63.2 Å². The van der Waals surface area contributed by atoms with Crippen molar-refractivity contribution in [2.24, 2.45) is 0 Å². The Hall–Kier alpha value is -2.39. The van der Waals surface area contributed by atoms with E-state index < -0.39 is 0 Å². The molecule has 0 amide bonds. The zero-order valence-electron chi connectivity index (χ0n) is 12.7. The van der Waals surface area contributed by atoms with E-state index in [-0.39, 0.29) is 6.10 Å². The fraction of sp³-hybridized carbons (Fsp3) is 0.312. The van der Waals surface area contributed by atoms with E-state index in [9.17, 15) is 5.26 Å². The highest BCUT2D eigenvalue weighted by atomic mass is 32.1. The van der Waals surface area contributed by atoms with Crippen LogP contribution in [-0.4, -0.2) is 20.7 Å². The van der Waals surface area contributed by atoms with Gasteiger partial charge in [-0.3, -0.25) is 0 Å². The number of benzene rings is 1. The summed E-state index contributed by atoms with van der Waals surface area (Å²) >= 11 is 1.52. The van der Waals surface area contributed by atoms with Crippen LogP contribution in [0.3, 0.4) is 0 Å². The summed E-state index contributed by atoms with van der Waals surface area (Å²) in [6.45, 7) is 6.02. The first-order valence-electron chi connectivity index (χ1n) is 7.18. The molecule has 0 saturated heterocycles. The van der Waals surface area contributed by atoms with E-state index in [4.69, 9.17) is 4.74 Å². The highest BCUT2D eigenvalue weighted by Gasteiger charge is 2.17. The molecule has 22 heavy (non-hydrogen) atoms. The second-order valence-electron chi connectivity index (χ2n) is 5.16. The minimum atomic E-state index is 0.134. The van der Waals surface area contributed by atoms with Crippen LogP contribution in [0.1, 0.15) is 31.5 Å². The van der Waals surface area contributed by atoms with Crippen molar-refractivity contribution < 1.29 is 4.74 Å². The molecule has 0 N–H and O–H groups in total. The zero-order valence-corrected chi connectivity index (χ0v) is 13.5. The van der Waals surface area contributed by atoms with Gasteiger partial charge >= 0.3 is 0 Å². The van der Waals surface area contributed by atoms with Crippen LogP contribution >= 0.6 is 11.3 Å². The molecule has 0 aliphatic rings. The molecule has 6 heteroatoms. The van der Waals surface area contributed by atoms with Gasteiger partial charge in [-0.1, -0.05) is 18.3 Å². The van der Waals surface area contributed by atoms with E-state index in [0.29, 0.717) is 11.4 Å². The number of hydrogen-bond acceptors (Lipinski definition) is 5. The van der Waals surface area contributed by atoms with Crippen molar-refractivity contribution in [1.29, 1.82) is 5.26 Å². The molecule has 0 aliphatic heterocycles. The minimum Gasteiger partial charge on any atom is -0.491 e. The maximum atomic E-state index is 9.45. The van der Waals surface area contributed by atoms with Crippen LogP contribution in [-0.2, 0) is 6.42 Å². The Morgan fingerprint density at radius 3 is 2.64 bits per heavy atom. The fourth-order valence-corrected chi connectivity index (χ4v) is 3.03. The summed E-state index contributed by atoms with van der Waals surface area (Å²) in [5.74, 6) is 0.810. The molecular weight excluding hydrogens is 296 g/mol. The van der Waals surface area contributed by atoms with Gasteiger partial charge in [0, 0.05) is 5.56 Å². The predicted molar refractivity (Wildman–Crippen MR) is 86.2 cm³/mol. The molecule has 0 atom stereocenters. The predicted octanol–water partition coefficient (Wildman–Crippen LogP) is 3.68. The molecule has 0 saturated carbocycles. The summed E-state index contributed by atoms with van der Waals surface area (Å²) in [5.41, 5.74) is 2.03. The quantitative estimate of drug-likeness (QED) is 0.737. The largest absolute Gasteiger partial charge is 0.491 e. The van der Waals surface area contributed by atoms with Crippen LogP contribution < -0.4 is 4.74 Å². The molecule has 1 aromatic carbocycles. The van der Waals surface area contributed by atoms with E-state index in [0.717, 1.165) is 27.7 Å². The van der Waals surface area contributed by atoms with E-state index in [2.05, 4.69) is 16.2 Å². The van der Waals surface area contributed by atoms with E-state index in [1.54, 1.807) is 4.52 Å². The van der Waals surface area contributed by atoms with Crippen molar-refractivity contribution in [1.82, 2.24) is 14.6 Å². The van der Waals surface area contributed by atoms with Crippen LogP contribution in [0.5, 0.6) is 5.75 Å². The van der Waals surface area contributed by atoms with Crippen molar-refractivity contribution >= 4 is 16.3 Å². The van der Waals surface area contributed by atoms with Gasteiger partial charge in [-0.2, -0.15) is 14.9 Å². The maximum absolute atomic E-state index is 9.45. The number of nitrogens with zero attached hydrogens (tertiary/aromatic N) is 4. The summed E-state index contributed by atoms with van der Waals surface area (Å²) in [6.07, 6.45) is 0.977. The highest BCUT2D eigenvalue weighted by Crippen LogP contribution is 2.28. The monoisotopic (exact) mass is 312 g/mol. The number of hydrogen-bond donors (Lipinski definition) is 0. The third-order valence-corrected chi connectivity index (χ3v) is 4.21. The van der Waals surface area contributed by atoms with Crippen molar-refractivity contribution in [3.8, 4) is 23.1 Å². The fourth-order valence-electron chi connectivity index (χ4n) is 2.20. The number of nitriles is 1. The van der Waals surface area contributed by atoms with Crippen LogP contribution in [0.4, 0.5) is 0 Å². The molecule has 2 aromatic heterocycles. The number of rotatable bonds is 4. The SMILES string of the molecule is CCc1nn2c(C#N)c(-c3ccc(OC(C)C)cc3)nc2s1. The molecule has 5 nitrogen and oxygen atoms in total. The Kier molecular flexibility index (Phi) is 3.82. The number of ether oxygens (including phenoxy) is 1. The van der Waals surface area contributed by atoms with Gasteiger partial charge in [0.25, 0.3) is 0 Å². The molecule has 0 radical (unpaired) electrons. The van der Waals surface area contributed by atoms with Crippen molar-refractivity contribution in [3.05, 3.63) is 35.0 Å². The standard InChI is InChI=1S/C16H16N4OS/c1-4-14-19-20-13(9-17)15(18-16(20)22-14)11-5-7-12(8-6-11)21-10(2)3/h5-8,10H,4H2,1-3H3. The lowest BCUT2D eigenvalue weighted by Gasteiger charge is -2.09. The normalized spacial score (nSPS) is 11.0. The molecule has 3 rings (SSSR count). The van der Waals surface area contributed by atoms with Gasteiger partial charge in [-0.15, -0.1) is 0 Å². The first kappa shape index (κ1) is 14.5. The summed E-state index contributed by atoms with van der Waals surface area (Å²) in [7, 11) is 0. The van der Waals surface area contributed by atoms with E-state index >= 15 is 0 Å². The lowest BCUT2D eigenvalue weighted by Crippen LogP contribution is -2.05. The Labute approximate surface area is 132 Å². The molecule has 3 aromatic rings. The third-order valence-electron chi connectivity index (χ3n) is 3.15. The number of fused-ring (bicyclic) bond motifs is 1. The maximum Gasteiger partial charge on any atom is 0.214 e. The Bertz CT molecular complexity index is 840. The second kappa shape index (κ2) is 5.78. The van der Waals surface area contributed by atoms with Crippen LogP contribution in [0.15, 0.2) is 24.3 Å². The van der Waals surface area contributed by atoms with E-state index in [1.807, 2.05) is 45.0 Å². The van der Waals surface area contributed by atoms with Gasteiger partial charge in [0.05, 0.1) is 6.10 Å². The van der Waals surface area contributed by atoms with Gasteiger partial charge in [-0.05, 0) is 44.5 Å². The Morgan fingerprint density at radius 2 is 2.05 bits per heavy atom. The molecule has 0 bridgehead atoms. The van der Waals surface area contributed by atoms with Crippen molar-refractivity contribution in [2.45, 2.75) is 33.3 Å². The van der Waals surface area contributed by atoms with Crippen molar-refractivity contribution in [2.75, 3.05) is 0 Å². The third kappa shape index (κ3) is 2.55. The molecular formula is C16H16N4OS. The molecule has 0 spiro atoms. The van der Waals surface area contributed by atoms with Gasteiger partial charge in [0.1, 0.15) is 22.5 Å². The van der Waals surface area contributed by atoms with Gasteiger partial charge in [0.2, 0.25) is 4.96 Å². The molecule has 112 valence electrons. The zero-order chi connectivity index (χ0) is 15.7. The first-order valence-corrected chi connectivity index (χ1v) is 7.99. The Morgan fingerprint density at radius 1 is 1.32 bits per heavy atom. The summed E-state index contributed by atoms with van der Waals surface area (Å²) in [5, 5.41) is 14.9. The van der Waals surface area contributed by atoms with Crippen molar-refractivity contribution in [3.63, 3.8) is 0 Å². The van der Waals surface area contributed by atoms with Gasteiger partial charge < -0.3 is 4.74 Å². The summed E-state index contributed by atoms with van der Waals surface area (Å²) in [6, 6.07) is 9.85. The molecule has 0 unspecified atom stereocenters. The van der Waals surface area contributed by atoms with Crippen LogP contribution in [0.2, 0.25) is 0 Å². The molecule has 0 aliphatic carbocycles. The number of aryl methyl sites for hydroxylation is 1. The first-order chi connectivity index (χ1) is 10.6. The number of aromatic nitrogens is 3. The molecule has 2 heterocycles. The number of imidazole rings is 1. The molecule has 0 fully saturated rings. The van der Waals surface area contributed by atoms with E-state index in [1.165, 1.54) is 11.3 Å². The summed E-state index contributed by atoms with van der Waals surface area (Å²) in [4.78, 5) is 5.32.